The summed E-state index contributed by atoms with van der Waals surface area (Å²) in [6.45, 7) is 4.96. The maximum absolute atomic E-state index is 12.2. The first-order valence-corrected chi connectivity index (χ1v) is 8.35. The fourth-order valence-electron chi connectivity index (χ4n) is 1.70. The van der Waals surface area contributed by atoms with Crippen LogP contribution in [0.4, 0.5) is 0 Å². The first-order chi connectivity index (χ1) is 9.40. The second-order valence-corrected chi connectivity index (χ2v) is 7.24. The lowest BCUT2D eigenvalue weighted by molar-refractivity contribution is 0.171. The second-order valence-electron chi connectivity index (χ2n) is 4.92. The maximum atomic E-state index is 12.2. The van der Waals surface area contributed by atoms with Gasteiger partial charge in [-0.3, -0.25) is 0 Å². The number of alkyl halides is 1. The van der Waals surface area contributed by atoms with E-state index in [1.807, 2.05) is 13.8 Å². The van der Waals surface area contributed by atoms with Crippen LogP contribution in [0, 0.1) is 5.92 Å². The van der Waals surface area contributed by atoms with Gasteiger partial charge in [-0.2, -0.15) is 0 Å². The van der Waals surface area contributed by atoms with E-state index in [-0.39, 0.29) is 22.7 Å². The maximum Gasteiger partial charge on any atom is 0.240 e. The number of halogens is 1. The molecule has 1 unspecified atom stereocenters. The predicted molar refractivity (Wildman–Crippen MR) is 77.1 cm³/mol. The van der Waals surface area contributed by atoms with Gasteiger partial charge in [-0.05, 0) is 18.1 Å². The van der Waals surface area contributed by atoms with Gasteiger partial charge in [0.2, 0.25) is 10.0 Å². The molecule has 0 bridgehead atoms. The molecular formula is C13H18ClNO4S. The van der Waals surface area contributed by atoms with Gasteiger partial charge in [-0.15, -0.1) is 11.6 Å². The summed E-state index contributed by atoms with van der Waals surface area (Å²) in [5, 5.41) is -0.248. The third kappa shape index (κ3) is 3.56. The molecule has 0 aromatic heterocycles. The summed E-state index contributed by atoms with van der Waals surface area (Å²) in [4.78, 5) is 0.148. The Balaban J connectivity index is 2.13. The topological polar surface area (TPSA) is 64.6 Å². The van der Waals surface area contributed by atoms with Gasteiger partial charge in [0.15, 0.2) is 11.5 Å². The number of sulfonamides is 1. The van der Waals surface area contributed by atoms with Crippen molar-refractivity contribution in [3.63, 3.8) is 0 Å². The molecule has 1 heterocycles. The van der Waals surface area contributed by atoms with E-state index in [0.29, 0.717) is 24.7 Å². The zero-order chi connectivity index (χ0) is 14.8. The van der Waals surface area contributed by atoms with E-state index >= 15 is 0 Å². The summed E-state index contributed by atoms with van der Waals surface area (Å²) in [6.07, 6.45) is 0. The van der Waals surface area contributed by atoms with Crippen molar-refractivity contribution < 1.29 is 17.9 Å². The van der Waals surface area contributed by atoms with Crippen LogP contribution in [0.3, 0.4) is 0 Å². The molecule has 1 aromatic carbocycles. The highest BCUT2D eigenvalue weighted by atomic mass is 35.5. The molecule has 1 aromatic rings. The van der Waals surface area contributed by atoms with Crippen LogP contribution in [-0.2, 0) is 10.0 Å². The average molecular weight is 320 g/mol. The van der Waals surface area contributed by atoms with E-state index < -0.39 is 10.0 Å². The van der Waals surface area contributed by atoms with Crippen LogP contribution in [0.25, 0.3) is 0 Å². The van der Waals surface area contributed by atoms with Crippen LogP contribution >= 0.6 is 11.6 Å². The molecule has 7 heteroatoms. The van der Waals surface area contributed by atoms with Crippen molar-refractivity contribution in [3.8, 4) is 11.5 Å². The van der Waals surface area contributed by atoms with Crippen LogP contribution in [0.15, 0.2) is 23.1 Å². The molecule has 1 N–H and O–H groups in total. The van der Waals surface area contributed by atoms with E-state index in [4.69, 9.17) is 21.1 Å². The lowest BCUT2D eigenvalue weighted by Gasteiger charge is -2.19. The van der Waals surface area contributed by atoms with Crippen LogP contribution in [0.5, 0.6) is 11.5 Å². The van der Waals surface area contributed by atoms with Gasteiger partial charge in [-0.1, -0.05) is 13.8 Å². The summed E-state index contributed by atoms with van der Waals surface area (Å²) >= 11 is 6.05. The molecule has 0 aliphatic carbocycles. The van der Waals surface area contributed by atoms with Crippen molar-refractivity contribution in [3.05, 3.63) is 18.2 Å². The Bertz CT molecular complexity index is 574. The highest BCUT2D eigenvalue weighted by molar-refractivity contribution is 7.89. The molecule has 1 atom stereocenters. The van der Waals surface area contributed by atoms with Crippen LogP contribution in [0.1, 0.15) is 13.8 Å². The Morgan fingerprint density at radius 1 is 1.25 bits per heavy atom. The number of nitrogens with one attached hydrogen (secondary N) is 1. The lowest BCUT2D eigenvalue weighted by atomic mass is 10.1. The first-order valence-electron chi connectivity index (χ1n) is 6.43. The van der Waals surface area contributed by atoms with Crippen molar-refractivity contribution in [2.24, 2.45) is 5.92 Å². The van der Waals surface area contributed by atoms with Crippen LogP contribution < -0.4 is 14.2 Å². The van der Waals surface area contributed by atoms with E-state index in [2.05, 4.69) is 4.72 Å². The van der Waals surface area contributed by atoms with Crippen molar-refractivity contribution in [1.29, 1.82) is 0 Å². The SMILES string of the molecule is CC(C)C(Cl)CNS(=O)(=O)c1ccc2c(c1)OCCO2. The summed E-state index contributed by atoms with van der Waals surface area (Å²) < 4.78 is 37.6. The minimum absolute atomic E-state index is 0.148. The van der Waals surface area contributed by atoms with Crippen LogP contribution in [0.2, 0.25) is 0 Å². The second kappa shape index (κ2) is 6.20. The fourth-order valence-corrected chi connectivity index (χ4v) is 2.94. The number of hydrogen-bond donors (Lipinski definition) is 1. The molecule has 0 saturated carbocycles. The lowest BCUT2D eigenvalue weighted by Crippen LogP contribution is -2.32. The molecule has 0 fully saturated rings. The minimum atomic E-state index is -3.59. The fraction of sp³-hybridized carbons (Fsp3) is 0.538. The number of benzene rings is 1. The van der Waals surface area contributed by atoms with Gasteiger partial charge in [0.1, 0.15) is 13.2 Å². The van der Waals surface area contributed by atoms with Crippen molar-refractivity contribution >= 4 is 21.6 Å². The zero-order valence-corrected chi connectivity index (χ0v) is 13.0. The van der Waals surface area contributed by atoms with E-state index in [1.165, 1.54) is 12.1 Å². The molecule has 0 amide bonds. The van der Waals surface area contributed by atoms with Gasteiger partial charge < -0.3 is 9.47 Å². The summed E-state index contributed by atoms with van der Waals surface area (Å²) in [6, 6.07) is 4.56. The summed E-state index contributed by atoms with van der Waals surface area (Å²) in [5.41, 5.74) is 0. The van der Waals surface area contributed by atoms with E-state index in [9.17, 15) is 8.42 Å². The largest absolute Gasteiger partial charge is 0.486 e. The van der Waals surface area contributed by atoms with Crippen LogP contribution in [-0.4, -0.2) is 33.6 Å². The third-order valence-electron chi connectivity index (χ3n) is 3.02. The molecule has 2 rings (SSSR count). The van der Waals surface area contributed by atoms with Gasteiger partial charge in [0.25, 0.3) is 0 Å². The van der Waals surface area contributed by atoms with Crippen molar-refractivity contribution in [2.75, 3.05) is 19.8 Å². The number of hydrogen-bond acceptors (Lipinski definition) is 4. The summed E-state index contributed by atoms with van der Waals surface area (Å²) in [7, 11) is -3.59. The van der Waals surface area contributed by atoms with Crippen molar-refractivity contribution in [2.45, 2.75) is 24.1 Å². The molecule has 1 aliphatic heterocycles. The average Bonchev–Trinajstić information content (AvgIpc) is 2.44. The highest BCUT2D eigenvalue weighted by Crippen LogP contribution is 2.32. The van der Waals surface area contributed by atoms with Crippen molar-refractivity contribution in [1.82, 2.24) is 4.72 Å². The number of ether oxygens (including phenoxy) is 2. The molecule has 0 spiro atoms. The zero-order valence-electron chi connectivity index (χ0n) is 11.4. The Morgan fingerprint density at radius 3 is 2.55 bits per heavy atom. The Morgan fingerprint density at radius 2 is 1.90 bits per heavy atom. The Kier molecular flexibility index (Phi) is 4.78. The summed E-state index contributed by atoms with van der Waals surface area (Å²) in [5.74, 6) is 1.21. The molecule has 1 aliphatic rings. The monoisotopic (exact) mass is 319 g/mol. The smallest absolute Gasteiger partial charge is 0.240 e. The standard InChI is InChI=1S/C13H18ClNO4S/c1-9(2)11(14)8-15-20(16,17)10-3-4-12-13(7-10)19-6-5-18-12/h3-4,7,9,11,15H,5-6,8H2,1-2H3. The van der Waals surface area contributed by atoms with E-state index in [0.717, 1.165) is 0 Å². The molecule has 20 heavy (non-hydrogen) atoms. The Hall–Kier alpha value is -0.980. The van der Waals surface area contributed by atoms with Gasteiger partial charge in [0, 0.05) is 18.0 Å². The molecular weight excluding hydrogens is 302 g/mol. The molecule has 5 nitrogen and oxygen atoms in total. The minimum Gasteiger partial charge on any atom is -0.486 e. The molecule has 0 saturated heterocycles. The normalized spacial score (nSPS) is 16.2. The quantitative estimate of drug-likeness (QED) is 0.843. The molecule has 112 valence electrons. The Labute approximate surface area is 124 Å². The number of rotatable bonds is 5. The third-order valence-corrected chi connectivity index (χ3v) is 5.10. The van der Waals surface area contributed by atoms with Gasteiger partial charge in [-0.25, -0.2) is 13.1 Å². The van der Waals surface area contributed by atoms with E-state index in [1.54, 1.807) is 6.07 Å². The first kappa shape index (κ1) is 15.4. The van der Waals surface area contributed by atoms with Gasteiger partial charge >= 0.3 is 0 Å². The highest BCUT2D eigenvalue weighted by Gasteiger charge is 2.20. The number of fused-ring (bicyclic) bond motifs is 1. The predicted octanol–water partition coefficient (Wildman–Crippen LogP) is 2.00. The molecule has 0 radical (unpaired) electrons. The van der Waals surface area contributed by atoms with Gasteiger partial charge in [0.05, 0.1) is 4.90 Å².